The van der Waals surface area contributed by atoms with Gasteiger partial charge in [0.05, 0.1) is 19.4 Å². The average molecular weight is 364 g/mol. The fourth-order valence-corrected chi connectivity index (χ4v) is 2.87. The van der Waals surface area contributed by atoms with E-state index in [-0.39, 0.29) is 0 Å². The minimum atomic E-state index is 0.546. The highest BCUT2D eigenvalue weighted by Gasteiger charge is 2.09. The maximum Gasteiger partial charge on any atom is 0.187 e. The summed E-state index contributed by atoms with van der Waals surface area (Å²) in [5, 5.41) is 7.91. The van der Waals surface area contributed by atoms with Crippen molar-refractivity contribution >= 4 is 29.2 Å². The van der Waals surface area contributed by atoms with Gasteiger partial charge in [-0.15, -0.1) is 0 Å². The Morgan fingerprint density at radius 2 is 1.92 bits per heavy atom. The second kappa shape index (κ2) is 11.0. The van der Waals surface area contributed by atoms with Gasteiger partial charge in [0.15, 0.2) is 5.11 Å². The predicted molar refractivity (Wildman–Crippen MR) is 109 cm³/mol. The summed E-state index contributed by atoms with van der Waals surface area (Å²) in [4.78, 5) is 4.67. The Labute approximate surface area is 156 Å². The van der Waals surface area contributed by atoms with Crippen LogP contribution in [0.5, 0.6) is 0 Å². The van der Waals surface area contributed by atoms with Crippen LogP contribution in [-0.4, -0.2) is 68.7 Å². The van der Waals surface area contributed by atoms with Gasteiger partial charge in [-0.2, -0.15) is 5.10 Å². The third-order valence-electron chi connectivity index (χ3n) is 4.22. The van der Waals surface area contributed by atoms with Crippen molar-refractivity contribution in [2.45, 2.75) is 13.8 Å². The second-order valence-electron chi connectivity index (χ2n) is 5.84. The van der Waals surface area contributed by atoms with Crippen molar-refractivity contribution in [2.24, 2.45) is 5.10 Å². The summed E-state index contributed by atoms with van der Waals surface area (Å²) in [6.07, 6.45) is 1.78. The first-order valence-corrected chi connectivity index (χ1v) is 9.35. The topological polar surface area (TPSA) is 52.1 Å². The third-order valence-corrected chi connectivity index (χ3v) is 4.45. The van der Waals surface area contributed by atoms with E-state index in [4.69, 9.17) is 17.0 Å². The van der Waals surface area contributed by atoms with Gasteiger partial charge >= 0.3 is 0 Å². The summed E-state index contributed by atoms with van der Waals surface area (Å²) < 4.78 is 5.33. The van der Waals surface area contributed by atoms with Crippen molar-refractivity contribution in [2.75, 3.05) is 57.4 Å². The molecule has 0 atom stereocenters. The van der Waals surface area contributed by atoms with Crippen LogP contribution in [0.15, 0.2) is 29.4 Å². The van der Waals surface area contributed by atoms with E-state index < -0.39 is 0 Å². The van der Waals surface area contributed by atoms with Crippen LogP contribution in [0.2, 0.25) is 0 Å². The van der Waals surface area contributed by atoms with Crippen molar-refractivity contribution in [3.05, 3.63) is 29.8 Å². The number of hydrogen-bond acceptors (Lipinski definition) is 5. The molecule has 1 aromatic carbocycles. The Morgan fingerprint density at radius 1 is 1.24 bits per heavy atom. The van der Waals surface area contributed by atoms with Gasteiger partial charge in [0, 0.05) is 45.0 Å². The van der Waals surface area contributed by atoms with Gasteiger partial charge in [0.1, 0.15) is 0 Å². The first-order chi connectivity index (χ1) is 12.2. The fourth-order valence-electron chi connectivity index (χ4n) is 2.72. The molecular weight excluding hydrogens is 334 g/mol. The van der Waals surface area contributed by atoms with Crippen LogP contribution < -0.4 is 15.6 Å². The number of hydrogen-bond donors (Lipinski definition) is 2. The van der Waals surface area contributed by atoms with Crippen LogP contribution in [0.25, 0.3) is 0 Å². The molecule has 138 valence electrons. The number of benzene rings is 1. The molecule has 0 saturated carbocycles. The number of nitrogens with zero attached hydrogens (tertiary/aromatic N) is 3. The zero-order valence-electron chi connectivity index (χ0n) is 15.2. The van der Waals surface area contributed by atoms with Crippen LogP contribution in [0.3, 0.4) is 0 Å². The Hall–Kier alpha value is -1.70. The smallest absolute Gasteiger partial charge is 0.187 e. The summed E-state index contributed by atoms with van der Waals surface area (Å²) in [7, 11) is 0. The molecule has 0 unspecified atom stereocenters. The van der Waals surface area contributed by atoms with Crippen molar-refractivity contribution in [3.63, 3.8) is 0 Å². The maximum absolute atomic E-state index is 5.33. The van der Waals surface area contributed by atoms with E-state index in [1.54, 1.807) is 6.21 Å². The summed E-state index contributed by atoms with van der Waals surface area (Å²) in [6, 6.07) is 8.36. The Balaban J connectivity index is 1.68. The SMILES string of the molecule is CCN(CC)c1ccc(/C=N/NC(=S)NCCN2CCOCC2)cc1. The molecule has 1 heterocycles. The van der Waals surface area contributed by atoms with E-state index >= 15 is 0 Å². The molecule has 1 fully saturated rings. The number of thiocarbonyl (C=S) groups is 1. The summed E-state index contributed by atoms with van der Waals surface area (Å²) in [5.74, 6) is 0. The molecule has 0 spiro atoms. The summed E-state index contributed by atoms with van der Waals surface area (Å²) >= 11 is 5.24. The molecule has 0 radical (unpaired) electrons. The first-order valence-electron chi connectivity index (χ1n) is 8.95. The lowest BCUT2D eigenvalue weighted by atomic mass is 10.2. The lowest BCUT2D eigenvalue weighted by molar-refractivity contribution is 0.0389. The second-order valence-corrected chi connectivity index (χ2v) is 6.25. The molecule has 1 saturated heterocycles. The molecule has 6 nitrogen and oxygen atoms in total. The van der Waals surface area contributed by atoms with E-state index in [1.807, 2.05) is 0 Å². The molecular formula is C18H29N5OS. The number of nitrogens with one attached hydrogen (secondary N) is 2. The number of morpholine rings is 1. The predicted octanol–water partition coefficient (Wildman–Crippen LogP) is 1.66. The molecule has 2 rings (SSSR count). The van der Waals surface area contributed by atoms with Gasteiger partial charge in [0.25, 0.3) is 0 Å². The van der Waals surface area contributed by atoms with Crippen LogP contribution in [0, 0.1) is 0 Å². The van der Waals surface area contributed by atoms with Crippen LogP contribution in [-0.2, 0) is 4.74 Å². The maximum atomic E-state index is 5.33. The highest BCUT2D eigenvalue weighted by atomic mass is 32.1. The lowest BCUT2D eigenvalue weighted by Gasteiger charge is -2.26. The number of ether oxygens (including phenoxy) is 1. The molecule has 0 aliphatic carbocycles. The van der Waals surface area contributed by atoms with Crippen molar-refractivity contribution in [1.29, 1.82) is 0 Å². The van der Waals surface area contributed by atoms with E-state index in [2.05, 4.69) is 63.8 Å². The highest BCUT2D eigenvalue weighted by molar-refractivity contribution is 7.80. The third kappa shape index (κ3) is 6.97. The molecule has 25 heavy (non-hydrogen) atoms. The first kappa shape index (κ1) is 19.6. The minimum Gasteiger partial charge on any atom is -0.379 e. The molecule has 0 aromatic heterocycles. The largest absolute Gasteiger partial charge is 0.379 e. The summed E-state index contributed by atoms with van der Waals surface area (Å²) in [5.41, 5.74) is 5.14. The average Bonchev–Trinajstić information content (AvgIpc) is 2.65. The zero-order valence-corrected chi connectivity index (χ0v) is 16.0. The molecule has 1 aliphatic rings. The minimum absolute atomic E-state index is 0.546. The van der Waals surface area contributed by atoms with Gasteiger partial charge < -0.3 is 15.0 Å². The fraction of sp³-hybridized carbons (Fsp3) is 0.556. The van der Waals surface area contributed by atoms with E-state index in [9.17, 15) is 0 Å². The lowest BCUT2D eigenvalue weighted by Crippen LogP contribution is -2.42. The van der Waals surface area contributed by atoms with Crippen molar-refractivity contribution in [3.8, 4) is 0 Å². The van der Waals surface area contributed by atoms with Crippen molar-refractivity contribution < 1.29 is 4.74 Å². The number of hydrazone groups is 1. The highest BCUT2D eigenvalue weighted by Crippen LogP contribution is 2.13. The van der Waals surface area contributed by atoms with Crippen molar-refractivity contribution in [1.82, 2.24) is 15.6 Å². The molecule has 1 aromatic rings. The van der Waals surface area contributed by atoms with Crippen LogP contribution in [0.1, 0.15) is 19.4 Å². The van der Waals surface area contributed by atoms with Gasteiger partial charge in [-0.05, 0) is 43.8 Å². The van der Waals surface area contributed by atoms with E-state index in [0.717, 1.165) is 58.0 Å². The molecule has 1 aliphatic heterocycles. The van der Waals surface area contributed by atoms with E-state index in [0.29, 0.717) is 5.11 Å². The molecule has 2 N–H and O–H groups in total. The Bertz CT molecular complexity index is 539. The standard InChI is InChI=1S/C18H29N5OS/c1-3-23(4-2)17-7-5-16(6-8-17)15-20-21-18(25)19-9-10-22-11-13-24-14-12-22/h5-8,15H,3-4,9-14H2,1-2H3,(H2,19,21,25)/b20-15+. The summed E-state index contributed by atoms with van der Waals surface area (Å²) in [6.45, 7) is 11.7. The molecule has 0 amide bonds. The zero-order chi connectivity index (χ0) is 17.9. The monoisotopic (exact) mass is 363 g/mol. The Kier molecular flexibility index (Phi) is 8.65. The normalized spacial score (nSPS) is 15.3. The van der Waals surface area contributed by atoms with Gasteiger partial charge in [-0.25, -0.2) is 0 Å². The Morgan fingerprint density at radius 3 is 2.56 bits per heavy atom. The van der Waals surface area contributed by atoms with Crippen LogP contribution >= 0.6 is 12.2 Å². The van der Waals surface area contributed by atoms with Gasteiger partial charge in [-0.1, -0.05) is 12.1 Å². The molecule has 7 heteroatoms. The van der Waals surface area contributed by atoms with Crippen LogP contribution in [0.4, 0.5) is 5.69 Å². The molecule has 0 bridgehead atoms. The number of rotatable bonds is 8. The quantitative estimate of drug-likeness (QED) is 0.416. The van der Waals surface area contributed by atoms with Gasteiger partial charge in [-0.3, -0.25) is 10.3 Å². The van der Waals surface area contributed by atoms with E-state index in [1.165, 1.54) is 5.69 Å². The number of anilines is 1. The van der Waals surface area contributed by atoms with Gasteiger partial charge in [0.2, 0.25) is 0 Å².